The van der Waals surface area contributed by atoms with Gasteiger partial charge in [-0.15, -0.1) is 0 Å². The molecule has 0 spiro atoms. The van der Waals surface area contributed by atoms with Crippen molar-refractivity contribution in [3.63, 3.8) is 0 Å². The number of fused-ring (bicyclic) bond motifs is 3. The summed E-state index contributed by atoms with van der Waals surface area (Å²) in [5.41, 5.74) is 2.71. The van der Waals surface area contributed by atoms with Gasteiger partial charge in [-0.3, -0.25) is 0 Å². The second-order valence-corrected chi connectivity index (χ2v) is 6.98. The Morgan fingerprint density at radius 2 is 1.96 bits per heavy atom. The van der Waals surface area contributed by atoms with Crippen molar-refractivity contribution in [2.24, 2.45) is 5.10 Å². The number of hydrogen-bond donors (Lipinski definition) is 0. The molecule has 5 heteroatoms. The number of rotatable bonds is 2. The average Bonchev–Trinajstić information content (AvgIpc) is 3.01. The Hall–Kier alpha value is -2.20. The zero-order valence-electron chi connectivity index (χ0n) is 13.9. The van der Waals surface area contributed by atoms with Gasteiger partial charge in [0, 0.05) is 17.0 Å². The summed E-state index contributed by atoms with van der Waals surface area (Å²) in [6, 6.07) is 14.0. The second-order valence-electron chi connectivity index (χ2n) is 6.55. The molecule has 0 aromatic heterocycles. The minimum absolute atomic E-state index is 0.143. The Bertz CT molecular complexity index is 815. The monoisotopic (exact) mass is 342 g/mol. The summed E-state index contributed by atoms with van der Waals surface area (Å²) >= 11 is 6.00. The van der Waals surface area contributed by atoms with E-state index < -0.39 is 5.72 Å². The van der Waals surface area contributed by atoms with Crippen LogP contribution in [-0.2, 0) is 0 Å². The van der Waals surface area contributed by atoms with Crippen molar-refractivity contribution < 1.29 is 9.47 Å². The maximum absolute atomic E-state index is 6.23. The molecule has 4 rings (SSSR count). The number of halogens is 1. The van der Waals surface area contributed by atoms with Gasteiger partial charge < -0.3 is 9.47 Å². The molecule has 0 aliphatic carbocycles. The largest absolute Gasteiger partial charge is 0.493 e. The van der Waals surface area contributed by atoms with Gasteiger partial charge in [-0.25, -0.2) is 5.01 Å². The normalized spacial score (nSPS) is 20.8. The molecule has 0 radical (unpaired) electrons. The van der Waals surface area contributed by atoms with E-state index in [1.165, 1.54) is 0 Å². The highest BCUT2D eigenvalue weighted by atomic mass is 35.5. The zero-order chi connectivity index (χ0) is 16.9. The molecule has 1 atom stereocenters. The Morgan fingerprint density at radius 3 is 2.67 bits per heavy atom. The lowest BCUT2D eigenvalue weighted by molar-refractivity contribution is -0.0924. The Labute approximate surface area is 146 Å². The first-order valence-corrected chi connectivity index (χ1v) is 8.36. The quantitative estimate of drug-likeness (QED) is 0.798. The molecule has 2 heterocycles. The van der Waals surface area contributed by atoms with E-state index in [-0.39, 0.29) is 6.04 Å². The van der Waals surface area contributed by atoms with Gasteiger partial charge in [0.15, 0.2) is 17.2 Å². The first kappa shape index (κ1) is 15.3. The fourth-order valence-corrected chi connectivity index (χ4v) is 3.55. The molecule has 124 valence electrons. The van der Waals surface area contributed by atoms with Crippen molar-refractivity contribution in [3.8, 4) is 11.5 Å². The van der Waals surface area contributed by atoms with Crippen molar-refractivity contribution >= 4 is 17.3 Å². The van der Waals surface area contributed by atoms with Crippen LogP contribution >= 0.6 is 11.6 Å². The van der Waals surface area contributed by atoms with E-state index in [2.05, 4.69) is 11.1 Å². The molecule has 0 unspecified atom stereocenters. The second kappa shape index (κ2) is 5.42. The zero-order valence-corrected chi connectivity index (χ0v) is 14.7. The van der Waals surface area contributed by atoms with E-state index in [1.54, 1.807) is 7.11 Å². The molecular formula is C19H19ClN2O2. The molecule has 4 nitrogen and oxygen atoms in total. The summed E-state index contributed by atoms with van der Waals surface area (Å²) in [5, 5.41) is 7.64. The summed E-state index contributed by atoms with van der Waals surface area (Å²) in [5.74, 6) is 1.58. The van der Waals surface area contributed by atoms with Crippen molar-refractivity contribution in [2.75, 3.05) is 7.11 Å². The molecule has 0 fully saturated rings. The molecule has 0 amide bonds. The predicted octanol–water partition coefficient (Wildman–Crippen LogP) is 4.63. The van der Waals surface area contributed by atoms with E-state index in [0.717, 1.165) is 39.8 Å². The maximum atomic E-state index is 6.23. The Balaban J connectivity index is 1.77. The van der Waals surface area contributed by atoms with Gasteiger partial charge in [-0.2, -0.15) is 5.10 Å². The van der Waals surface area contributed by atoms with Crippen LogP contribution in [0.1, 0.15) is 37.4 Å². The summed E-state index contributed by atoms with van der Waals surface area (Å²) in [7, 11) is 1.67. The van der Waals surface area contributed by atoms with Crippen LogP contribution in [0.4, 0.5) is 0 Å². The lowest BCUT2D eigenvalue weighted by Crippen LogP contribution is -2.48. The average molecular weight is 343 g/mol. The molecule has 2 aliphatic rings. The van der Waals surface area contributed by atoms with Crippen LogP contribution in [-0.4, -0.2) is 23.6 Å². The smallest absolute Gasteiger partial charge is 0.192 e. The van der Waals surface area contributed by atoms with E-state index in [0.29, 0.717) is 0 Å². The molecule has 0 N–H and O–H groups in total. The lowest BCUT2D eigenvalue weighted by atomic mass is 9.95. The van der Waals surface area contributed by atoms with Gasteiger partial charge in [-0.05, 0) is 37.6 Å². The molecule has 0 saturated heterocycles. The van der Waals surface area contributed by atoms with E-state index >= 15 is 0 Å². The molecule has 0 saturated carbocycles. The van der Waals surface area contributed by atoms with Gasteiger partial charge in [0.25, 0.3) is 0 Å². The van der Waals surface area contributed by atoms with E-state index in [1.807, 2.05) is 50.2 Å². The number of methoxy groups -OCH3 is 1. The van der Waals surface area contributed by atoms with Gasteiger partial charge in [0.1, 0.15) is 0 Å². The van der Waals surface area contributed by atoms with Crippen LogP contribution in [0.25, 0.3) is 0 Å². The summed E-state index contributed by atoms with van der Waals surface area (Å²) < 4.78 is 11.7. The fraction of sp³-hybridized carbons (Fsp3) is 0.316. The van der Waals surface area contributed by atoms with Crippen molar-refractivity contribution in [3.05, 3.63) is 58.6 Å². The highest BCUT2D eigenvalue weighted by Gasteiger charge is 2.45. The molecule has 24 heavy (non-hydrogen) atoms. The first-order valence-electron chi connectivity index (χ1n) is 7.98. The van der Waals surface area contributed by atoms with Crippen LogP contribution in [0.15, 0.2) is 47.6 Å². The topological polar surface area (TPSA) is 34.1 Å². The minimum Gasteiger partial charge on any atom is -0.493 e. The first-order chi connectivity index (χ1) is 11.5. The van der Waals surface area contributed by atoms with Gasteiger partial charge in [0.05, 0.1) is 18.9 Å². The number of nitrogens with zero attached hydrogens (tertiary/aromatic N) is 2. The lowest BCUT2D eigenvalue weighted by Gasteiger charge is -2.43. The van der Waals surface area contributed by atoms with Crippen molar-refractivity contribution in [1.29, 1.82) is 0 Å². The van der Waals surface area contributed by atoms with Gasteiger partial charge >= 0.3 is 0 Å². The number of hydrazone groups is 1. The number of hydrogen-bond acceptors (Lipinski definition) is 4. The molecule has 2 aromatic rings. The predicted molar refractivity (Wildman–Crippen MR) is 94.9 cm³/mol. The van der Waals surface area contributed by atoms with Crippen LogP contribution in [0, 0.1) is 0 Å². The van der Waals surface area contributed by atoms with Crippen LogP contribution in [0.5, 0.6) is 11.5 Å². The van der Waals surface area contributed by atoms with E-state index in [9.17, 15) is 0 Å². The van der Waals surface area contributed by atoms with Crippen LogP contribution in [0.3, 0.4) is 0 Å². The summed E-state index contributed by atoms with van der Waals surface area (Å²) in [6.45, 7) is 4.06. The van der Waals surface area contributed by atoms with Crippen LogP contribution < -0.4 is 9.47 Å². The highest BCUT2D eigenvalue weighted by Crippen LogP contribution is 2.49. The van der Waals surface area contributed by atoms with Gasteiger partial charge in [0.2, 0.25) is 0 Å². The number of para-hydroxylation sites is 1. The molecule has 2 aromatic carbocycles. The Kier molecular flexibility index (Phi) is 3.46. The molecule has 2 aliphatic heterocycles. The summed E-state index contributed by atoms with van der Waals surface area (Å²) in [6.07, 6.45) is 0.828. The standard InChI is InChI=1S/C19H19ClN2O2/c1-19(2)22-16(14-5-4-6-17(23-3)18(14)24-19)11-15(21-22)12-7-9-13(20)10-8-12/h4-10,16H,11H2,1-3H3/t16-/m0/s1. The maximum Gasteiger partial charge on any atom is 0.192 e. The molecular weight excluding hydrogens is 324 g/mol. The highest BCUT2D eigenvalue weighted by molar-refractivity contribution is 6.30. The number of ether oxygens (including phenoxy) is 2. The Morgan fingerprint density at radius 1 is 1.21 bits per heavy atom. The van der Waals surface area contributed by atoms with Crippen molar-refractivity contribution in [1.82, 2.24) is 5.01 Å². The number of benzene rings is 2. The van der Waals surface area contributed by atoms with Crippen molar-refractivity contribution in [2.45, 2.75) is 32.0 Å². The third-order valence-electron chi connectivity index (χ3n) is 4.58. The van der Waals surface area contributed by atoms with Crippen LogP contribution in [0.2, 0.25) is 5.02 Å². The van der Waals surface area contributed by atoms with Gasteiger partial charge in [-0.1, -0.05) is 35.9 Å². The fourth-order valence-electron chi connectivity index (χ4n) is 3.43. The third-order valence-corrected chi connectivity index (χ3v) is 4.83. The van der Waals surface area contributed by atoms with E-state index in [4.69, 9.17) is 26.2 Å². The minimum atomic E-state index is -0.541. The SMILES string of the molecule is COc1cccc2c1OC(C)(C)N1N=C(c3ccc(Cl)cc3)C[C@@H]21. The molecule has 0 bridgehead atoms. The summed E-state index contributed by atoms with van der Waals surface area (Å²) in [4.78, 5) is 0. The third kappa shape index (κ3) is 2.33.